The fourth-order valence-corrected chi connectivity index (χ4v) is 3.46. The molecule has 10 nitrogen and oxygen atoms in total. The van der Waals surface area contributed by atoms with Gasteiger partial charge in [-0.25, -0.2) is 17.9 Å². The SMILES string of the molecule is Cn1cc(S(=O)(=O)Nc2noc(-c3ccccc3Cl)n2)c(=O)n(C)c1=O. The van der Waals surface area contributed by atoms with E-state index in [9.17, 15) is 18.0 Å². The van der Waals surface area contributed by atoms with Gasteiger partial charge in [0.25, 0.3) is 27.4 Å². The molecule has 3 rings (SSSR count). The van der Waals surface area contributed by atoms with Crippen LogP contribution in [-0.2, 0) is 24.1 Å². The van der Waals surface area contributed by atoms with E-state index in [2.05, 4.69) is 10.1 Å². The Balaban J connectivity index is 1.99. The van der Waals surface area contributed by atoms with Crippen LogP contribution in [0.25, 0.3) is 11.5 Å². The second-order valence-electron chi connectivity index (χ2n) is 5.26. The topological polar surface area (TPSA) is 129 Å². The van der Waals surface area contributed by atoms with Crippen molar-refractivity contribution in [3.05, 3.63) is 56.3 Å². The number of hydrogen-bond acceptors (Lipinski definition) is 7. The molecule has 0 bridgehead atoms. The molecule has 1 N–H and O–H groups in total. The molecule has 0 amide bonds. The van der Waals surface area contributed by atoms with E-state index in [0.29, 0.717) is 15.2 Å². The zero-order valence-corrected chi connectivity index (χ0v) is 15.1. The lowest BCUT2D eigenvalue weighted by molar-refractivity contribution is 0.433. The van der Waals surface area contributed by atoms with Crippen molar-refractivity contribution in [2.45, 2.75) is 4.90 Å². The predicted octanol–water partition coefficient (Wildman–Crippen LogP) is 0.588. The third-order valence-electron chi connectivity index (χ3n) is 3.46. The lowest BCUT2D eigenvalue weighted by Gasteiger charge is -2.07. The Hall–Kier alpha value is -2.92. The third-order valence-corrected chi connectivity index (χ3v) is 5.10. The monoisotopic (exact) mass is 397 g/mol. The van der Waals surface area contributed by atoms with Gasteiger partial charge in [0, 0.05) is 20.3 Å². The maximum atomic E-state index is 12.5. The van der Waals surface area contributed by atoms with Crippen molar-refractivity contribution in [1.82, 2.24) is 19.3 Å². The standard InChI is InChI=1S/C14H12ClN5O5S/c1-19-7-10(12(21)20(2)14(19)22)26(23,24)18-13-16-11(25-17-13)8-5-3-4-6-9(8)15/h3-7H,1-2H3,(H,17,18). The van der Waals surface area contributed by atoms with Crippen LogP contribution in [0.2, 0.25) is 5.02 Å². The quantitative estimate of drug-likeness (QED) is 0.681. The molecular formula is C14H12ClN5O5S. The van der Waals surface area contributed by atoms with Crippen LogP contribution in [0.4, 0.5) is 5.95 Å². The number of anilines is 1. The van der Waals surface area contributed by atoms with Crippen molar-refractivity contribution in [3.63, 3.8) is 0 Å². The van der Waals surface area contributed by atoms with Crippen LogP contribution < -0.4 is 16.0 Å². The number of aromatic nitrogens is 4. The van der Waals surface area contributed by atoms with Gasteiger partial charge < -0.3 is 9.09 Å². The number of nitrogens with zero attached hydrogens (tertiary/aromatic N) is 4. The lowest BCUT2D eigenvalue weighted by atomic mass is 10.2. The summed E-state index contributed by atoms with van der Waals surface area (Å²) in [6.07, 6.45) is 0.919. The molecular weight excluding hydrogens is 386 g/mol. The number of halogens is 1. The van der Waals surface area contributed by atoms with Crippen LogP contribution in [0.1, 0.15) is 0 Å². The first-order valence-electron chi connectivity index (χ1n) is 7.09. The van der Waals surface area contributed by atoms with Gasteiger partial charge in [-0.15, -0.1) is 0 Å². The molecule has 0 unspecified atom stereocenters. The van der Waals surface area contributed by atoms with Gasteiger partial charge in [-0.05, 0) is 17.3 Å². The Morgan fingerprint density at radius 2 is 1.88 bits per heavy atom. The highest BCUT2D eigenvalue weighted by atomic mass is 35.5. The zero-order chi connectivity index (χ0) is 19.1. The Morgan fingerprint density at radius 1 is 1.19 bits per heavy atom. The van der Waals surface area contributed by atoms with E-state index in [1.807, 2.05) is 4.72 Å². The predicted molar refractivity (Wildman–Crippen MR) is 92.5 cm³/mol. The number of nitrogens with one attached hydrogen (secondary N) is 1. The molecule has 0 aliphatic heterocycles. The molecule has 2 heterocycles. The molecule has 0 spiro atoms. The summed E-state index contributed by atoms with van der Waals surface area (Å²) in [4.78, 5) is 27.1. The van der Waals surface area contributed by atoms with Gasteiger partial charge in [0.2, 0.25) is 0 Å². The minimum absolute atomic E-state index is 0.00154. The fourth-order valence-electron chi connectivity index (χ4n) is 2.14. The van der Waals surface area contributed by atoms with Gasteiger partial charge in [-0.1, -0.05) is 23.7 Å². The smallest absolute Gasteiger partial charge is 0.330 e. The molecule has 0 fully saturated rings. The number of hydrogen-bond donors (Lipinski definition) is 1. The van der Waals surface area contributed by atoms with E-state index in [1.165, 1.54) is 14.1 Å². The Labute approximate surface area is 151 Å². The second-order valence-corrected chi connectivity index (χ2v) is 7.32. The van der Waals surface area contributed by atoms with Gasteiger partial charge in [-0.3, -0.25) is 9.36 Å². The van der Waals surface area contributed by atoms with Gasteiger partial charge >= 0.3 is 5.69 Å². The first-order chi connectivity index (χ1) is 12.2. The van der Waals surface area contributed by atoms with E-state index in [4.69, 9.17) is 16.1 Å². The normalized spacial score (nSPS) is 11.5. The van der Waals surface area contributed by atoms with Crippen molar-refractivity contribution in [3.8, 4) is 11.5 Å². The van der Waals surface area contributed by atoms with E-state index < -0.39 is 26.2 Å². The van der Waals surface area contributed by atoms with Gasteiger partial charge in [0.1, 0.15) is 0 Å². The minimum atomic E-state index is -4.35. The number of sulfonamides is 1. The number of rotatable bonds is 4. The summed E-state index contributed by atoms with van der Waals surface area (Å²) in [7, 11) is -1.85. The minimum Gasteiger partial charge on any atom is -0.332 e. The molecule has 136 valence electrons. The lowest BCUT2D eigenvalue weighted by Crippen LogP contribution is -2.40. The first-order valence-corrected chi connectivity index (χ1v) is 8.95. The molecule has 3 aromatic rings. The summed E-state index contributed by atoms with van der Waals surface area (Å²) in [5.74, 6) is -0.377. The summed E-state index contributed by atoms with van der Waals surface area (Å²) >= 11 is 6.02. The Bertz CT molecular complexity index is 1210. The van der Waals surface area contributed by atoms with Crippen LogP contribution >= 0.6 is 11.6 Å². The van der Waals surface area contributed by atoms with Crippen molar-refractivity contribution in [2.24, 2.45) is 14.1 Å². The average molecular weight is 398 g/mol. The van der Waals surface area contributed by atoms with Crippen LogP contribution in [0, 0.1) is 0 Å². The van der Waals surface area contributed by atoms with Gasteiger partial charge in [0.15, 0.2) is 4.90 Å². The summed E-state index contributed by atoms with van der Waals surface area (Å²) in [5.41, 5.74) is -1.21. The number of aryl methyl sites for hydroxylation is 1. The maximum absolute atomic E-state index is 12.5. The van der Waals surface area contributed by atoms with E-state index in [1.54, 1.807) is 24.3 Å². The van der Waals surface area contributed by atoms with Crippen LogP contribution in [0.5, 0.6) is 0 Å². The number of benzene rings is 1. The molecule has 2 aromatic heterocycles. The van der Waals surface area contributed by atoms with Crippen molar-refractivity contribution in [1.29, 1.82) is 0 Å². The van der Waals surface area contributed by atoms with E-state index >= 15 is 0 Å². The van der Waals surface area contributed by atoms with E-state index in [0.717, 1.165) is 10.8 Å². The molecule has 0 aliphatic carbocycles. The summed E-state index contributed by atoms with van der Waals surface area (Å²) in [6, 6.07) is 6.64. The van der Waals surface area contributed by atoms with Crippen molar-refractivity contribution < 1.29 is 12.9 Å². The van der Waals surface area contributed by atoms with Gasteiger partial charge in [0.05, 0.1) is 10.6 Å². The Kier molecular flexibility index (Phi) is 4.42. The fraction of sp³-hybridized carbons (Fsp3) is 0.143. The first kappa shape index (κ1) is 17.9. The molecule has 0 saturated carbocycles. The maximum Gasteiger partial charge on any atom is 0.330 e. The molecule has 12 heteroatoms. The highest BCUT2D eigenvalue weighted by Gasteiger charge is 2.24. The van der Waals surface area contributed by atoms with Crippen LogP contribution in [-0.4, -0.2) is 27.7 Å². The molecule has 0 radical (unpaired) electrons. The summed E-state index contributed by atoms with van der Waals surface area (Å²) in [5, 5.41) is 3.87. The van der Waals surface area contributed by atoms with Crippen LogP contribution in [0.15, 0.2) is 49.5 Å². The van der Waals surface area contributed by atoms with Gasteiger partial charge in [-0.2, -0.15) is 4.98 Å². The summed E-state index contributed by atoms with van der Waals surface area (Å²) < 4.78 is 33.6. The van der Waals surface area contributed by atoms with Crippen molar-refractivity contribution >= 4 is 27.6 Å². The van der Waals surface area contributed by atoms with Crippen LogP contribution in [0.3, 0.4) is 0 Å². The molecule has 0 aliphatic rings. The van der Waals surface area contributed by atoms with Crippen molar-refractivity contribution in [2.75, 3.05) is 4.72 Å². The molecule has 1 aromatic carbocycles. The molecule has 26 heavy (non-hydrogen) atoms. The third kappa shape index (κ3) is 3.13. The molecule has 0 saturated heterocycles. The highest BCUT2D eigenvalue weighted by molar-refractivity contribution is 7.92. The zero-order valence-electron chi connectivity index (χ0n) is 13.5. The average Bonchev–Trinajstić information content (AvgIpc) is 3.04. The van der Waals surface area contributed by atoms with E-state index in [-0.39, 0.29) is 11.8 Å². The highest BCUT2D eigenvalue weighted by Crippen LogP contribution is 2.26. The molecule has 0 atom stereocenters. The summed E-state index contributed by atoms with van der Waals surface area (Å²) in [6.45, 7) is 0. The second kappa shape index (κ2) is 6.42. The Morgan fingerprint density at radius 3 is 2.58 bits per heavy atom. The largest absolute Gasteiger partial charge is 0.332 e.